The van der Waals surface area contributed by atoms with E-state index in [4.69, 9.17) is 0 Å². The maximum Gasteiger partial charge on any atom is 0.136 e. The van der Waals surface area contributed by atoms with Crippen LogP contribution in [0.1, 0.15) is 13.8 Å². The van der Waals surface area contributed by atoms with E-state index in [-0.39, 0.29) is 11.1 Å². The standard InChI is InChI=1S/C10H13FOS/c1-7(12)8(2)13-10-6-4-3-5-9(10)11/h3-8,12H,1-2H3. The largest absolute Gasteiger partial charge is 0.392 e. The number of rotatable bonds is 3. The van der Waals surface area contributed by atoms with Crippen molar-refractivity contribution in [3.63, 3.8) is 0 Å². The summed E-state index contributed by atoms with van der Waals surface area (Å²) in [6, 6.07) is 6.60. The molecule has 0 saturated carbocycles. The Hall–Kier alpha value is -0.540. The van der Waals surface area contributed by atoms with Crippen molar-refractivity contribution in [2.75, 3.05) is 0 Å². The van der Waals surface area contributed by atoms with E-state index in [0.29, 0.717) is 4.90 Å². The van der Waals surface area contributed by atoms with Gasteiger partial charge < -0.3 is 5.11 Å². The number of aliphatic hydroxyl groups is 1. The molecule has 0 saturated heterocycles. The molecule has 2 unspecified atom stereocenters. The van der Waals surface area contributed by atoms with Crippen molar-refractivity contribution in [3.05, 3.63) is 30.1 Å². The number of halogens is 1. The third-order valence-electron chi connectivity index (χ3n) is 1.83. The Morgan fingerprint density at radius 3 is 2.46 bits per heavy atom. The number of benzene rings is 1. The predicted octanol–water partition coefficient (Wildman–Crippen LogP) is 2.69. The van der Waals surface area contributed by atoms with E-state index < -0.39 is 6.10 Å². The highest BCUT2D eigenvalue weighted by atomic mass is 32.2. The van der Waals surface area contributed by atoms with Gasteiger partial charge in [-0.2, -0.15) is 0 Å². The average Bonchev–Trinajstić information content (AvgIpc) is 2.08. The van der Waals surface area contributed by atoms with Gasteiger partial charge in [0.15, 0.2) is 0 Å². The molecule has 0 aliphatic heterocycles. The topological polar surface area (TPSA) is 20.2 Å². The first-order chi connectivity index (χ1) is 6.11. The lowest BCUT2D eigenvalue weighted by Gasteiger charge is -2.13. The summed E-state index contributed by atoms with van der Waals surface area (Å²) < 4.78 is 13.1. The molecule has 72 valence electrons. The zero-order valence-corrected chi connectivity index (χ0v) is 8.51. The Bertz CT molecular complexity index is 275. The molecule has 0 bridgehead atoms. The van der Waals surface area contributed by atoms with Crippen molar-refractivity contribution in [3.8, 4) is 0 Å². The van der Waals surface area contributed by atoms with Gasteiger partial charge in [-0.3, -0.25) is 0 Å². The summed E-state index contributed by atoms with van der Waals surface area (Å²) >= 11 is 1.35. The molecule has 1 aromatic rings. The Morgan fingerprint density at radius 2 is 1.92 bits per heavy atom. The van der Waals surface area contributed by atoms with Gasteiger partial charge >= 0.3 is 0 Å². The average molecular weight is 200 g/mol. The van der Waals surface area contributed by atoms with Crippen molar-refractivity contribution in [2.45, 2.75) is 30.1 Å². The highest BCUT2D eigenvalue weighted by Crippen LogP contribution is 2.27. The molecule has 1 N–H and O–H groups in total. The third-order valence-corrected chi connectivity index (χ3v) is 3.18. The van der Waals surface area contributed by atoms with Crippen LogP contribution in [0.15, 0.2) is 29.2 Å². The monoisotopic (exact) mass is 200 g/mol. The molecule has 0 heterocycles. The van der Waals surface area contributed by atoms with Crippen LogP contribution in [0, 0.1) is 5.82 Å². The molecule has 1 nitrogen and oxygen atoms in total. The molecular weight excluding hydrogens is 187 g/mol. The Balaban J connectivity index is 2.69. The maximum atomic E-state index is 13.1. The van der Waals surface area contributed by atoms with E-state index in [1.165, 1.54) is 17.8 Å². The van der Waals surface area contributed by atoms with Crippen molar-refractivity contribution in [2.24, 2.45) is 0 Å². The molecule has 0 spiro atoms. The summed E-state index contributed by atoms with van der Waals surface area (Å²) in [4.78, 5) is 0.593. The zero-order chi connectivity index (χ0) is 9.84. The van der Waals surface area contributed by atoms with Gasteiger partial charge in [-0.05, 0) is 19.1 Å². The number of thioether (sulfide) groups is 1. The van der Waals surface area contributed by atoms with Crippen LogP contribution < -0.4 is 0 Å². The summed E-state index contributed by atoms with van der Waals surface area (Å²) in [6.45, 7) is 3.58. The molecule has 0 fully saturated rings. The van der Waals surface area contributed by atoms with Crippen LogP contribution in [-0.4, -0.2) is 16.5 Å². The van der Waals surface area contributed by atoms with Crippen molar-refractivity contribution in [1.29, 1.82) is 0 Å². The van der Waals surface area contributed by atoms with Gasteiger partial charge in [0.2, 0.25) is 0 Å². The number of hydrogen-bond donors (Lipinski definition) is 1. The molecule has 0 aromatic heterocycles. The number of hydrogen-bond acceptors (Lipinski definition) is 2. The zero-order valence-electron chi connectivity index (χ0n) is 7.70. The molecule has 2 atom stereocenters. The SMILES string of the molecule is CC(O)C(C)Sc1ccccc1F. The first-order valence-electron chi connectivity index (χ1n) is 4.20. The van der Waals surface area contributed by atoms with E-state index in [9.17, 15) is 9.50 Å². The highest BCUT2D eigenvalue weighted by molar-refractivity contribution is 8.00. The third kappa shape index (κ3) is 3.01. The van der Waals surface area contributed by atoms with E-state index in [2.05, 4.69) is 0 Å². The Kier molecular flexibility index (Phi) is 3.75. The van der Waals surface area contributed by atoms with E-state index >= 15 is 0 Å². The van der Waals surface area contributed by atoms with Gasteiger partial charge in [0.05, 0.1) is 6.10 Å². The normalized spacial score (nSPS) is 15.4. The number of aliphatic hydroxyl groups excluding tert-OH is 1. The van der Waals surface area contributed by atoms with Crippen LogP contribution in [0.2, 0.25) is 0 Å². The lowest BCUT2D eigenvalue weighted by Crippen LogP contribution is -2.15. The summed E-state index contributed by atoms with van der Waals surface area (Å²) in [6.07, 6.45) is -0.426. The fraction of sp³-hybridized carbons (Fsp3) is 0.400. The lowest BCUT2D eigenvalue weighted by molar-refractivity contribution is 0.196. The second-order valence-electron chi connectivity index (χ2n) is 2.99. The molecule has 3 heteroatoms. The van der Waals surface area contributed by atoms with Crippen LogP contribution in [0.5, 0.6) is 0 Å². The second-order valence-corrected chi connectivity index (χ2v) is 4.41. The molecule has 0 radical (unpaired) electrons. The molecule has 0 amide bonds. The lowest BCUT2D eigenvalue weighted by atomic mass is 10.3. The van der Waals surface area contributed by atoms with Crippen LogP contribution >= 0.6 is 11.8 Å². The molecule has 1 rings (SSSR count). The summed E-state index contributed by atoms with van der Waals surface area (Å²) in [5, 5.41) is 9.24. The molecule has 0 aliphatic carbocycles. The van der Waals surface area contributed by atoms with E-state index in [1.807, 2.05) is 6.92 Å². The van der Waals surface area contributed by atoms with Crippen LogP contribution in [0.25, 0.3) is 0 Å². The van der Waals surface area contributed by atoms with Gasteiger partial charge in [-0.1, -0.05) is 19.1 Å². The Labute approximate surface area is 82.0 Å². The molecule has 13 heavy (non-hydrogen) atoms. The van der Waals surface area contributed by atoms with Crippen LogP contribution in [0.4, 0.5) is 4.39 Å². The summed E-state index contributed by atoms with van der Waals surface area (Å²) in [5.41, 5.74) is 0. The molecule has 0 aliphatic rings. The quantitative estimate of drug-likeness (QED) is 0.757. The fourth-order valence-electron chi connectivity index (χ4n) is 0.839. The van der Waals surface area contributed by atoms with Gasteiger partial charge in [0, 0.05) is 10.1 Å². The van der Waals surface area contributed by atoms with Crippen LogP contribution in [-0.2, 0) is 0 Å². The van der Waals surface area contributed by atoms with Gasteiger partial charge in [-0.25, -0.2) is 4.39 Å². The fourth-order valence-corrected chi connectivity index (χ4v) is 1.77. The van der Waals surface area contributed by atoms with Gasteiger partial charge in [-0.15, -0.1) is 11.8 Å². The Morgan fingerprint density at radius 1 is 1.31 bits per heavy atom. The highest BCUT2D eigenvalue weighted by Gasteiger charge is 2.12. The van der Waals surface area contributed by atoms with Crippen molar-refractivity contribution < 1.29 is 9.50 Å². The maximum absolute atomic E-state index is 13.1. The van der Waals surface area contributed by atoms with Gasteiger partial charge in [0.1, 0.15) is 5.82 Å². The minimum atomic E-state index is -0.426. The first-order valence-corrected chi connectivity index (χ1v) is 5.08. The smallest absolute Gasteiger partial charge is 0.136 e. The summed E-state index contributed by atoms with van der Waals surface area (Å²) in [7, 11) is 0. The first kappa shape index (κ1) is 10.5. The minimum absolute atomic E-state index is 0.0110. The predicted molar refractivity (Wildman–Crippen MR) is 53.4 cm³/mol. The van der Waals surface area contributed by atoms with E-state index in [1.54, 1.807) is 25.1 Å². The summed E-state index contributed by atoms with van der Waals surface area (Å²) in [5.74, 6) is -0.222. The van der Waals surface area contributed by atoms with E-state index in [0.717, 1.165) is 0 Å². The van der Waals surface area contributed by atoms with Crippen LogP contribution in [0.3, 0.4) is 0 Å². The van der Waals surface area contributed by atoms with Gasteiger partial charge in [0.25, 0.3) is 0 Å². The minimum Gasteiger partial charge on any atom is -0.392 e. The molecule has 1 aromatic carbocycles. The van der Waals surface area contributed by atoms with Crippen molar-refractivity contribution in [1.82, 2.24) is 0 Å². The molecular formula is C10H13FOS. The second kappa shape index (κ2) is 4.63. The van der Waals surface area contributed by atoms with Crippen molar-refractivity contribution >= 4 is 11.8 Å².